The number of piperidine rings is 2. The van der Waals surface area contributed by atoms with Crippen LogP contribution in [0.1, 0.15) is 55.8 Å². The highest BCUT2D eigenvalue weighted by Gasteiger charge is 2.30. The molecular weight excluding hydrogens is 402 g/mol. The Morgan fingerprint density at radius 2 is 1.62 bits per heavy atom. The highest BCUT2D eigenvalue weighted by atomic mass is 16.5. The van der Waals surface area contributed by atoms with E-state index in [1.54, 1.807) is 12.4 Å². The second-order valence-electron chi connectivity index (χ2n) is 8.79. The molecule has 3 heterocycles. The molecule has 0 unspecified atom stereocenters. The van der Waals surface area contributed by atoms with Crippen molar-refractivity contribution in [1.82, 2.24) is 14.8 Å². The Hall–Kier alpha value is -2.60. The number of amides is 1. The van der Waals surface area contributed by atoms with Crippen molar-refractivity contribution < 1.29 is 14.3 Å². The van der Waals surface area contributed by atoms with Gasteiger partial charge in [0.1, 0.15) is 17.6 Å². The highest BCUT2D eigenvalue weighted by molar-refractivity contribution is 5.94. The number of carbonyl (C=O) groups is 1. The minimum absolute atomic E-state index is 0.132. The molecule has 1 aromatic heterocycles. The fourth-order valence-corrected chi connectivity index (χ4v) is 4.61. The van der Waals surface area contributed by atoms with Gasteiger partial charge in [0.05, 0.1) is 6.61 Å². The van der Waals surface area contributed by atoms with E-state index in [1.807, 2.05) is 41.3 Å². The number of ether oxygens (including phenoxy) is 2. The van der Waals surface area contributed by atoms with Gasteiger partial charge in [-0.05, 0) is 68.5 Å². The number of unbranched alkanes of at least 4 members (excludes halogenated alkanes) is 1. The first kappa shape index (κ1) is 22.6. The van der Waals surface area contributed by atoms with Crippen LogP contribution in [0.25, 0.3) is 0 Å². The Morgan fingerprint density at radius 1 is 0.938 bits per heavy atom. The molecule has 0 bridgehead atoms. The van der Waals surface area contributed by atoms with Gasteiger partial charge in [-0.2, -0.15) is 0 Å². The standard InChI is InChI=1S/C26H35N3O3/c1-2-3-20-31-23-6-4-21(5-7-23)26(30)29-16-10-22(11-17-29)28-18-12-25(13-19-28)32-24-8-14-27-15-9-24/h4-9,14-15,22,25H,2-3,10-13,16-20H2,1H3. The summed E-state index contributed by atoms with van der Waals surface area (Å²) in [5.74, 6) is 1.88. The minimum Gasteiger partial charge on any atom is -0.494 e. The molecule has 0 saturated carbocycles. The second kappa shape index (κ2) is 11.3. The molecule has 6 nitrogen and oxygen atoms in total. The third-order valence-corrected chi connectivity index (χ3v) is 6.57. The van der Waals surface area contributed by atoms with Crippen LogP contribution in [-0.4, -0.2) is 65.6 Å². The van der Waals surface area contributed by atoms with Crippen molar-refractivity contribution in [3.05, 3.63) is 54.4 Å². The third-order valence-electron chi connectivity index (χ3n) is 6.57. The Labute approximate surface area is 191 Å². The summed E-state index contributed by atoms with van der Waals surface area (Å²) in [5.41, 5.74) is 0.750. The number of likely N-dealkylation sites (tertiary alicyclic amines) is 2. The van der Waals surface area contributed by atoms with Crippen LogP contribution in [0, 0.1) is 0 Å². The van der Waals surface area contributed by atoms with Crippen LogP contribution < -0.4 is 9.47 Å². The first-order chi connectivity index (χ1) is 15.7. The average molecular weight is 438 g/mol. The molecule has 6 heteroatoms. The van der Waals surface area contributed by atoms with Gasteiger partial charge in [0.15, 0.2) is 0 Å². The normalized spacial score (nSPS) is 18.5. The number of pyridine rings is 1. The monoisotopic (exact) mass is 437 g/mol. The van der Waals surface area contributed by atoms with E-state index in [-0.39, 0.29) is 12.0 Å². The van der Waals surface area contributed by atoms with Crippen molar-refractivity contribution >= 4 is 5.91 Å². The number of carbonyl (C=O) groups excluding carboxylic acids is 1. The smallest absolute Gasteiger partial charge is 0.253 e. The Bertz CT molecular complexity index is 827. The van der Waals surface area contributed by atoms with Crippen LogP contribution in [0.15, 0.2) is 48.8 Å². The van der Waals surface area contributed by atoms with Gasteiger partial charge in [0.25, 0.3) is 5.91 Å². The fourth-order valence-electron chi connectivity index (χ4n) is 4.61. The number of hydrogen-bond donors (Lipinski definition) is 0. The average Bonchev–Trinajstić information content (AvgIpc) is 2.85. The lowest BCUT2D eigenvalue weighted by atomic mass is 9.98. The summed E-state index contributed by atoms with van der Waals surface area (Å²) in [7, 11) is 0. The molecule has 4 rings (SSSR count). The molecular formula is C26H35N3O3. The first-order valence-electron chi connectivity index (χ1n) is 12.1. The Kier molecular flexibility index (Phi) is 7.99. The highest BCUT2D eigenvalue weighted by Crippen LogP contribution is 2.24. The van der Waals surface area contributed by atoms with Crippen LogP contribution in [0.2, 0.25) is 0 Å². The summed E-state index contributed by atoms with van der Waals surface area (Å²) in [6.07, 6.45) is 10.2. The molecule has 1 aromatic carbocycles. The maximum atomic E-state index is 12.9. The zero-order valence-electron chi connectivity index (χ0n) is 19.1. The summed E-state index contributed by atoms with van der Waals surface area (Å²) in [6.45, 7) is 6.65. The molecule has 2 saturated heterocycles. The topological polar surface area (TPSA) is 54.9 Å². The maximum Gasteiger partial charge on any atom is 0.253 e. The van der Waals surface area contributed by atoms with Crippen LogP contribution in [0.5, 0.6) is 11.5 Å². The zero-order valence-corrected chi connectivity index (χ0v) is 19.1. The molecule has 32 heavy (non-hydrogen) atoms. The van der Waals surface area contributed by atoms with Gasteiger partial charge < -0.3 is 14.4 Å². The van der Waals surface area contributed by atoms with E-state index in [1.165, 1.54) is 0 Å². The number of aromatic nitrogens is 1. The first-order valence-corrected chi connectivity index (χ1v) is 12.1. The lowest BCUT2D eigenvalue weighted by molar-refractivity contribution is 0.0425. The van der Waals surface area contributed by atoms with E-state index in [0.29, 0.717) is 6.04 Å². The van der Waals surface area contributed by atoms with Crippen LogP contribution in [-0.2, 0) is 0 Å². The Balaban J connectivity index is 1.20. The second-order valence-corrected chi connectivity index (χ2v) is 8.79. The fraction of sp³-hybridized carbons (Fsp3) is 0.538. The van der Waals surface area contributed by atoms with Gasteiger partial charge in [0.2, 0.25) is 0 Å². The number of hydrogen-bond acceptors (Lipinski definition) is 5. The molecule has 2 aliphatic heterocycles. The molecule has 172 valence electrons. The van der Waals surface area contributed by atoms with E-state index in [2.05, 4.69) is 16.8 Å². The van der Waals surface area contributed by atoms with Crippen LogP contribution in [0.3, 0.4) is 0 Å². The van der Waals surface area contributed by atoms with E-state index >= 15 is 0 Å². The lowest BCUT2D eigenvalue weighted by Gasteiger charge is -2.41. The van der Waals surface area contributed by atoms with E-state index in [9.17, 15) is 4.79 Å². The van der Waals surface area contributed by atoms with Crippen molar-refractivity contribution in [3.8, 4) is 11.5 Å². The van der Waals surface area contributed by atoms with Crippen molar-refractivity contribution in [2.45, 2.75) is 57.6 Å². The SMILES string of the molecule is CCCCOc1ccc(C(=O)N2CCC(N3CCC(Oc4ccncc4)CC3)CC2)cc1. The van der Waals surface area contributed by atoms with Gasteiger partial charge in [-0.1, -0.05) is 13.3 Å². The van der Waals surface area contributed by atoms with Crippen LogP contribution >= 0.6 is 0 Å². The largest absolute Gasteiger partial charge is 0.494 e. The molecule has 1 amide bonds. The minimum atomic E-state index is 0.132. The van der Waals surface area contributed by atoms with Gasteiger partial charge in [-0.3, -0.25) is 14.7 Å². The van der Waals surface area contributed by atoms with Crippen molar-refractivity contribution in [2.24, 2.45) is 0 Å². The van der Waals surface area contributed by atoms with E-state index in [0.717, 1.165) is 88.4 Å². The number of nitrogens with zero attached hydrogens (tertiary/aromatic N) is 3. The summed E-state index contributed by atoms with van der Waals surface area (Å²) < 4.78 is 11.8. The number of benzene rings is 1. The molecule has 2 fully saturated rings. The molecule has 2 aliphatic rings. The van der Waals surface area contributed by atoms with Gasteiger partial charge in [0, 0.05) is 50.2 Å². The van der Waals surface area contributed by atoms with Gasteiger partial charge in [-0.15, -0.1) is 0 Å². The van der Waals surface area contributed by atoms with Gasteiger partial charge in [-0.25, -0.2) is 0 Å². The van der Waals surface area contributed by atoms with E-state index in [4.69, 9.17) is 9.47 Å². The predicted octanol–water partition coefficient (Wildman–Crippen LogP) is 4.41. The maximum absolute atomic E-state index is 12.9. The zero-order chi connectivity index (χ0) is 22.2. The van der Waals surface area contributed by atoms with Crippen molar-refractivity contribution in [1.29, 1.82) is 0 Å². The Morgan fingerprint density at radius 3 is 2.28 bits per heavy atom. The lowest BCUT2D eigenvalue weighted by Crippen LogP contribution is -2.50. The summed E-state index contributed by atoms with van der Waals surface area (Å²) >= 11 is 0. The summed E-state index contributed by atoms with van der Waals surface area (Å²) in [6, 6.07) is 12.0. The summed E-state index contributed by atoms with van der Waals surface area (Å²) in [4.78, 5) is 21.6. The molecule has 0 aliphatic carbocycles. The molecule has 0 radical (unpaired) electrons. The molecule has 0 spiro atoms. The third kappa shape index (κ3) is 6.00. The number of rotatable bonds is 8. The van der Waals surface area contributed by atoms with Crippen molar-refractivity contribution in [2.75, 3.05) is 32.8 Å². The molecule has 2 aromatic rings. The molecule has 0 atom stereocenters. The molecule has 0 N–H and O–H groups in total. The predicted molar refractivity (Wildman–Crippen MR) is 125 cm³/mol. The van der Waals surface area contributed by atoms with E-state index < -0.39 is 0 Å². The quantitative estimate of drug-likeness (QED) is 0.573. The summed E-state index contributed by atoms with van der Waals surface area (Å²) in [5, 5.41) is 0. The van der Waals surface area contributed by atoms with Crippen molar-refractivity contribution in [3.63, 3.8) is 0 Å². The van der Waals surface area contributed by atoms with Gasteiger partial charge >= 0.3 is 0 Å². The van der Waals surface area contributed by atoms with Crippen LogP contribution in [0.4, 0.5) is 0 Å².